The number of allylic oxidation sites excluding steroid dienone is 8. The first kappa shape index (κ1) is 12.9. The number of hydrogen-bond donors (Lipinski definition) is 2. The van der Waals surface area contributed by atoms with Gasteiger partial charge in [0.1, 0.15) is 18.3 Å². The maximum atomic E-state index is 10.5. The quantitative estimate of drug-likeness (QED) is 0.531. The van der Waals surface area contributed by atoms with Crippen molar-refractivity contribution < 1.29 is 14.9 Å². The molecule has 3 nitrogen and oxygen atoms in total. The molecule has 1 saturated carbocycles. The van der Waals surface area contributed by atoms with Gasteiger partial charge in [0.2, 0.25) is 0 Å². The maximum Gasteiger partial charge on any atom is 0.114 e. The van der Waals surface area contributed by atoms with Crippen LogP contribution >= 0.6 is 0 Å². The summed E-state index contributed by atoms with van der Waals surface area (Å²) in [4.78, 5) is 0. The Bertz CT molecular complexity index is 740. The van der Waals surface area contributed by atoms with Gasteiger partial charge in [0.25, 0.3) is 0 Å². The van der Waals surface area contributed by atoms with Crippen LogP contribution in [0.25, 0.3) is 0 Å². The van der Waals surface area contributed by atoms with Gasteiger partial charge >= 0.3 is 0 Å². The Morgan fingerprint density at radius 1 is 1.04 bits per heavy atom. The van der Waals surface area contributed by atoms with Crippen molar-refractivity contribution in [2.24, 2.45) is 29.6 Å². The lowest BCUT2D eigenvalue weighted by Crippen LogP contribution is -2.46. The number of hydrogen-bond acceptors (Lipinski definition) is 3. The molecule has 0 aromatic rings. The van der Waals surface area contributed by atoms with E-state index in [0.717, 1.165) is 12.0 Å². The summed E-state index contributed by atoms with van der Waals surface area (Å²) >= 11 is 0. The van der Waals surface area contributed by atoms with Gasteiger partial charge in [-0.1, -0.05) is 48.1 Å². The van der Waals surface area contributed by atoms with E-state index in [1.54, 1.807) is 5.57 Å². The summed E-state index contributed by atoms with van der Waals surface area (Å²) in [5.74, 6) is 2.08. The van der Waals surface area contributed by atoms with E-state index in [4.69, 9.17) is 4.74 Å². The molecule has 9 unspecified atom stereocenters. The minimum absolute atomic E-state index is 0.0489. The maximum absolute atomic E-state index is 10.5. The van der Waals surface area contributed by atoms with E-state index in [9.17, 15) is 10.2 Å². The summed E-state index contributed by atoms with van der Waals surface area (Å²) in [6.07, 6.45) is 15.6. The zero-order chi connectivity index (χ0) is 15.3. The third-order valence-corrected chi connectivity index (χ3v) is 6.72. The minimum atomic E-state index is -0.790. The Kier molecular flexibility index (Phi) is 2.34. The van der Waals surface area contributed by atoms with Crippen LogP contribution in [0.15, 0.2) is 59.3 Å². The predicted octanol–water partition coefficient (Wildman–Crippen LogP) is 1.91. The Labute approximate surface area is 135 Å². The topological polar surface area (TPSA) is 53.0 Å². The molecule has 0 bridgehead atoms. The molecule has 0 radical (unpaired) electrons. The van der Waals surface area contributed by atoms with E-state index in [2.05, 4.69) is 42.5 Å². The lowest BCUT2D eigenvalue weighted by atomic mass is 9.57. The summed E-state index contributed by atoms with van der Waals surface area (Å²) in [7, 11) is 0. The fraction of sp³-hybridized carbons (Fsp3) is 0.500. The summed E-state index contributed by atoms with van der Waals surface area (Å²) < 4.78 is 5.74. The summed E-state index contributed by atoms with van der Waals surface area (Å²) in [6.45, 7) is 0. The molecule has 0 aromatic carbocycles. The number of rotatable bonds is 0. The van der Waals surface area contributed by atoms with Crippen LogP contribution in [0.2, 0.25) is 0 Å². The molecule has 0 amide bonds. The van der Waals surface area contributed by atoms with Crippen molar-refractivity contribution in [1.82, 2.24) is 0 Å². The Morgan fingerprint density at radius 3 is 2.87 bits per heavy atom. The van der Waals surface area contributed by atoms with E-state index in [1.807, 2.05) is 0 Å². The number of aliphatic hydroxyl groups is 2. The van der Waals surface area contributed by atoms with Gasteiger partial charge in [0.05, 0.1) is 6.10 Å². The molecule has 118 valence electrons. The van der Waals surface area contributed by atoms with Gasteiger partial charge in [-0.15, -0.1) is 0 Å². The van der Waals surface area contributed by atoms with Crippen molar-refractivity contribution in [2.45, 2.75) is 30.8 Å². The van der Waals surface area contributed by atoms with Crippen molar-refractivity contribution in [1.29, 1.82) is 0 Å². The molecule has 1 heterocycles. The normalized spacial score (nSPS) is 54.2. The molecule has 3 heteroatoms. The van der Waals surface area contributed by atoms with E-state index in [-0.39, 0.29) is 24.0 Å². The van der Waals surface area contributed by atoms with Crippen LogP contribution in [-0.2, 0) is 4.74 Å². The second-order valence-corrected chi connectivity index (χ2v) is 7.76. The van der Waals surface area contributed by atoms with Crippen LogP contribution in [0.3, 0.4) is 0 Å². The zero-order valence-electron chi connectivity index (χ0n) is 12.7. The number of aliphatic hydroxyl groups excluding tert-OH is 2. The molecule has 23 heavy (non-hydrogen) atoms. The molecule has 1 aliphatic heterocycles. The predicted molar refractivity (Wildman–Crippen MR) is 85.3 cm³/mol. The van der Waals surface area contributed by atoms with Gasteiger partial charge in [0.15, 0.2) is 0 Å². The molecule has 0 spiro atoms. The second kappa shape index (κ2) is 4.15. The number of epoxide rings is 1. The highest BCUT2D eigenvalue weighted by Crippen LogP contribution is 2.57. The first-order chi connectivity index (χ1) is 11.2. The Morgan fingerprint density at radius 2 is 1.96 bits per heavy atom. The van der Waals surface area contributed by atoms with Gasteiger partial charge in [-0.05, 0) is 29.4 Å². The van der Waals surface area contributed by atoms with Gasteiger partial charge in [-0.2, -0.15) is 0 Å². The number of fused-ring (bicyclic) bond motifs is 4. The Hall–Kier alpha value is -1.42. The smallest absolute Gasteiger partial charge is 0.114 e. The Balaban J connectivity index is 1.54. The van der Waals surface area contributed by atoms with Crippen LogP contribution in [-0.4, -0.2) is 34.6 Å². The van der Waals surface area contributed by atoms with Gasteiger partial charge < -0.3 is 14.9 Å². The second-order valence-electron chi connectivity index (χ2n) is 7.76. The number of ether oxygens (including phenoxy) is 1. The van der Waals surface area contributed by atoms with Crippen molar-refractivity contribution in [3.05, 3.63) is 59.3 Å². The van der Waals surface area contributed by atoms with Crippen molar-refractivity contribution >= 4 is 0 Å². The molecular weight excluding hydrogens is 288 g/mol. The average molecular weight is 308 g/mol. The van der Waals surface area contributed by atoms with Gasteiger partial charge in [0, 0.05) is 17.8 Å². The molecule has 6 aliphatic rings. The standard InChI is InChI=1S/C20H20O3/c21-17-13-8-11-5-4-9-2-1-3-10-6-7-12(15(11)14(9)10)16(13)19-20(23-19)18(17)22/h1-2,4-11,14,16-22H,3H2. The minimum Gasteiger partial charge on any atom is -0.387 e. The molecule has 9 atom stereocenters. The largest absolute Gasteiger partial charge is 0.387 e. The zero-order valence-corrected chi connectivity index (χ0v) is 12.7. The summed E-state index contributed by atoms with van der Waals surface area (Å²) in [5.41, 5.74) is 3.87. The molecular formula is C20H20O3. The van der Waals surface area contributed by atoms with Crippen LogP contribution in [0.1, 0.15) is 6.42 Å². The molecule has 2 fully saturated rings. The van der Waals surface area contributed by atoms with Crippen molar-refractivity contribution in [3.63, 3.8) is 0 Å². The van der Waals surface area contributed by atoms with Crippen LogP contribution < -0.4 is 0 Å². The lowest BCUT2D eigenvalue weighted by molar-refractivity contribution is 0.0157. The average Bonchev–Trinajstić information content (AvgIpc) is 3.37. The molecule has 1 saturated heterocycles. The molecule has 5 aliphatic carbocycles. The van der Waals surface area contributed by atoms with Crippen molar-refractivity contribution in [3.8, 4) is 0 Å². The fourth-order valence-corrected chi connectivity index (χ4v) is 5.67. The molecule has 2 N–H and O–H groups in total. The van der Waals surface area contributed by atoms with Crippen LogP contribution in [0, 0.1) is 29.6 Å². The molecule has 6 rings (SSSR count). The molecule has 0 aromatic heterocycles. The first-order valence-corrected chi connectivity index (χ1v) is 8.74. The third-order valence-electron chi connectivity index (χ3n) is 6.72. The van der Waals surface area contributed by atoms with Crippen molar-refractivity contribution in [2.75, 3.05) is 0 Å². The van der Waals surface area contributed by atoms with Gasteiger partial charge in [-0.25, -0.2) is 0 Å². The third kappa shape index (κ3) is 1.51. The van der Waals surface area contributed by atoms with E-state index in [1.165, 1.54) is 5.57 Å². The van der Waals surface area contributed by atoms with Crippen LogP contribution in [0.4, 0.5) is 0 Å². The fourth-order valence-electron chi connectivity index (χ4n) is 5.67. The van der Waals surface area contributed by atoms with E-state index < -0.39 is 12.2 Å². The summed E-state index contributed by atoms with van der Waals surface area (Å²) in [6, 6.07) is 0. The van der Waals surface area contributed by atoms with E-state index in [0.29, 0.717) is 17.8 Å². The monoisotopic (exact) mass is 308 g/mol. The SMILES string of the molecule is OC1C2=CC3C=CC4C=CCC5C=CC(=C3C45)C2C2OC2C1O. The van der Waals surface area contributed by atoms with Crippen LogP contribution in [0.5, 0.6) is 0 Å². The summed E-state index contributed by atoms with van der Waals surface area (Å²) in [5, 5.41) is 20.7. The van der Waals surface area contributed by atoms with E-state index >= 15 is 0 Å². The highest BCUT2D eigenvalue weighted by atomic mass is 16.6. The van der Waals surface area contributed by atoms with Gasteiger partial charge in [-0.3, -0.25) is 0 Å². The first-order valence-electron chi connectivity index (χ1n) is 8.74. The highest BCUT2D eigenvalue weighted by molar-refractivity contribution is 5.53. The highest BCUT2D eigenvalue weighted by Gasteiger charge is 2.60. The lowest BCUT2D eigenvalue weighted by Gasteiger charge is -2.47.